The number of rotatable bonds is 28. The molecule has 0 bridgehead atoms. The highest BCUT2D eigenvalue weighted by molar-refractivity contribution is 4.70. The Morgan fingerprint density at radius 3 is 0.882 bits per heavy atom. The van der Waals surface area contributed by atoms with E-state index in [4.69, 9.17) is 0 Å². The molecular formula is C33H69N. The molecule has 0 amide bonds. The van der Waals surface area contributed by atoms with Crippen LogP contribution in [0.3, 0.4) is 0 Å². The lowest BCUT2D eigenvalue weighted by atomic mass is 9.91. The minimum Gasteiger partial charge on any atom is -0.306 e. The van der Waals surface area contributed by atoms with Crippen molar-refractivity contribution in [2.24, 2.45) is 11.8 Å². The first kappa shape index (κ1) is 34.0. The summed E-state index contributed by atoms with van der Waals surface area (Å²) in [7, 11) is 2.45. The molecule has 0 aromatic heterocycles. The summed E-state index contributed by atoms with van der Waals surface area (Å²) in [6.45, 7) is 12.0. The SMILES string of the molecule is CCCCCCCCC(CCCCCC)CN(C)CC(CCCCCC)CCCCCCCC. The Kier molecular flexibility index (Phi) is 27.5. The maximum absolute atomic E-state index is 2.75. The third-order valence-corrected chi connectivity index (χ3v) is 8.00. The van der Waals surface area contributed by atoms with E-state index in [0.29, 0.717) is 0 Å². The van der Waals surface area contributed by atoms with Crippen LogP contribution in [0.15, 0.2) is 0 Å². The smallest absolute Gasteiger partial charge is 0.000672 e. The average molecular weight is 480 g/mol. The molecule has 206 valence electrons. The molecule has 2 unspecified atom stereocenters. The van der Waals surface area contributed by atoms with Gasteiger partial charge in [-0.15, -0.1) is 0 Å². The summed E-state index contributed by atoms with van der Waals surface area (Å²) in [4.78, 5) is 2.75. The molecule has 0 spiro atoms. The van der Waals surface area contributed by atoms with Crippen LogP contribution in [0.2, 0.25) is 0 Å². The molecule has 0 aliphatic rings. The molecule has 0 saturated heterocycles. The van der Waals surface area contributed by atoms with Crippen LogP contribution >= 0.6 is 0 Å². The molecule has 0 radical (unpaired) electrons. The van der Waals surface area contributed by atoms with Crippen molar-refractivity contribution in [2.75, 3.05) is 20.1 Å². The third-order valence-electron chi connectivity index (χ3n) is 8.00. The van der Waals surface area contributed by atoms with Crippen LogP contribution in [0.25, 0.3) is 0 Å². The fraction of sp³-hybridized carbons (Fsp3) is 1.00. The molecule has 0 aliphatic carbocycles. The van der Waals surface area contributed by atoms with Gasteiger partial charge in [0.25, 0.3) is 0 Å². The summed E-state index contributed by atoms with van der Waals surface area (Å²) in [5.74, 6) is 1.87. The van der Waals surface area contributed by atoms with Gasteiger partial charge >= 0.3 is 0 Å². The van der Waals surface area contributed by atoms with Crippen molar-refractivity contribution < 1.29 is 0 Å². The highest BCUT2D eigenvalue weighted by Crippen LogP contribution is 2.23. The zero-order chi connectivity index (χ0) is 25.1. The van der Waals surface area contributed by atoms with Gasteiger partial charge in [-0.05, 0) is 44.6 Å². The maximum atomic E-state index is 2.75. The van der Waals surface area contributed by atoms with Crippen molar-refractivity contribution >= 4 is 0 Å². The first-order chi connectivity index (χ1) is 16.7. The number of nitrogens with zero attached hydrogens (tertiary/aromatic N) is 1. The highest BCUT2D eigenvalue weighted by atomic mass is 15.1. The Bertz CT molecular complexity index is 332. The van der Waals surface area contributed by atoms with Crippen LogP contribution in [0.4, 0.5) is 0 Å². The second-order valence-electron chi connectivity index (χ2n) is 11.8. The fourth-order valence-corrected chi connectivity index (χ4v) is 5.76. The summed E-state index contributed by atoms with van der Waals surface area (Å²) in [5, 5.41) is 0. The number of hydrogen-bond donors (Lipinski definition) is 0. The van der Waals surface area contributed by atoms with Crippen molar-refractivity contribution in [1.82, 2.24) is 4.90 Å². The summed E-state index contributed by atoms with van der Waals surface area (Å²) in [6, 6.07) is 0. The maximum Gasteiger partial charge on any atom is 0.000672 e. The Morgan fingerprint density at radius 1 is 0.353 bits per heavy atom. The van der Waals surface area contributed by atoms with Gasteiger partial charge < -0.3 is 4.90 Å². The Labute approximate surface area is 218 Å². The van der Waals surface area contributed by atoms with E-state index in [0.717, 1.165) is 11.8 Å². The summed E-state index contributed by atoms with van der Waals surface area (Å²) >= 11 is 0. The molecule has 0 aromatic rings. The van der Waals surface area contributed by atoms with E-state index < -0.39 is 0 Å². The van der Waals surface area contributed by atoms with Crippen LogP contribution in [-0.2, 0) is 0 Å². The van der Waals surface area contributed by atoms with Crippen molar-refractivity contribution in [3.8, 4) is 0 Å². The molecule has 0 heterocycles. The van der Waals surface area contributed by atoms with Crippen LogP contribution in [0.5, 0.6) is 0 Å². The molecule has 1 nitrogen and oxygen atoms in total. The largest absolute Gasteiger partial charge is 0.306 e. The Hall–Kier alpha value is -0.0400. The van der Waals surface area contributed by atoms with Crippen LogP contribution in [0.1, 0.15) is 182 Å². The molecule has 1 heteroatoms. The fourth-order valence-electron chi connectivity index (χ4n) is 5.76. The first-order valence-corrected chi connectivity index (χ1v) is 16.4. The van der Waals surface area contributed by atoms with E-state index in [1.807, 2.05) is 0 Å². The van der Waals surface area contributed by atoms with Gasteiger partial charge in [-0.25, -0.2) is 0 Å². The van der Waals surface area contributed by atoms with Gasteiger partial charge in [0.1, 0.15) is 0 Å². The van der Waals surface area contributed by atoms with Crippen molar-refractivity contribution in [3.63, 3.8) is 0 Å². The van der Waals surface area contributed by atoms with Crippen molar-refractivity contribution in [1.29, 1.82) is 0 Å². The lowest BCUT2D eigenvalue weighted by molar-refractivity contribution is 0.205. The molecule has 0 aliphatic heterocycles. The van der Waals surface area contributed by atoms with E-state index in [1.54, 1.807) is 0 Å². The second kappa shape index (κ2) is 27.5. The predicted octanol–water partition coefficient (Wildman–Crippen LogP) is 11.6. The van der Waals surface area contributed by atoms with Gasteiger partial charge in [0.2, 0.25) is 0 Å². The van der Waals surface area contributed by atoms with Gasteiger partial charge in [-0.1, -0.05) is 156 Å². The van der Waals surface area contributed by atoms with Crippen LogP contribution in [0, 0.1) is 11.8 Å². The normalized spacial score (nSPS) is 13.6. The van der Waals surface area contributed by atoms with E-state index in [1.165, 1.54) is 167 Å². The molecule has 0 saturated carbocycles. The summed E-state index contributed by atoms with van der Waals surface area (Å²) in [5.41, 5.74) is 0. The van der Waals surface area contributed by atoms with Gasteiger partial charge in [0, 0.05) is 13.1 Å². The van der Waals surface area contributed by atoms with E-state index in [9.17, 15) is 0 Å². The van der Waals surface area contributed by atoms with E-state index in [2.05, 4.69) is 39.6 Å². The quantitative estimate of drug-likeness (QED) is 0.101. The molecule has 0 fully saturated rings. The Morgan fingerprint density at radius 2 is 0.588 bits per heavy atom. The summed E-state index contributed by atoms with van der Waals surface area (Å²) in [6.07, 6.45) is 34.6. The minimum absolute atomic E-state index is 0.933. The molecular weight excluding hydrogens is 410 g/mol. The Balaban J connectivity index is 4.52. The zero-order valence-electron chi connectivity index (χ0n) is 25.0. The van der Waals surface area contributed by atoms with Crippen LogP contribution in [-0.4, -0.2) is 25.0 Å². The molecule has 2 atom stereocenters. The van der Waals surface area contributed by atoms with E-state index >= 15 is 0 Å². The standard InChI is InChI=1S/C33H69N/c1-6-10-14-18-20-24-28-32(26-22-16-12-8-3)30-34(5)31-33(27-23-17-13-9-4)29-25-21-19-15-11-7-2/h32-33H,6-31H2,1-5H3. The van der Waals surface area contributed by atoms with Crippen molar-refractivity contribution in [3.05, 3.63) is 0 Å². The van der Waals surface area contributed by atoms with Gasteiger partial charge in [0.15, 0.2) is 0 Å². The third kappa shape index (κ3) is 23.7. The van der Waals surface area contributed by atoms with Gasteiger partial charge in [-0.2, -0.15) is 0 Å². The van der Waals surface area contributed by atoms with E-state index in [-0.39, 0.29) is 0 Å². The molecule has 0 N–H and O–H groups in total. The highest BCUT2D eigenvalue weighted by Gasteiger charge is 2.16. The van der Waals surface area contributed by atoms with Crippen LogP contribution < -0.4 is 0 Å². The molecule has 0 rings (SSSR count). The topological polar surface area (TPSA) is 3.24 Å². The number of unbranched alkanes of at least 4 members (excludes halogenated alkanes) is 16. The lowest BCUT2D eigenvalue weighted by Gasteiger charge is -2.28. The monoisotopic (exact) mass is 480 g/mol. The van der Waals surface area contributed by atoms with Crippen molar-refractivity contribution in [2.45, 2.75) is 182 Å². The number of hydrogen-bond acceptors (Lipinski definition) is 1. The molecule has 34 heavy (non-hydrogen) atoms. The second-order valence-corrected chi connectivity index (χ2v) is 11.8. The van der Waals surface area contributed by atoms with Gasteiger partial charge in [0.05, 0.1) is 0 Å². The molecule has 0 aromatic carbocycles. The average Bonchev–Trinajstić information content (AvgIpc) is 2.83. The predicted molar refractivity (Wildman–Crippen MR) is 158 cm³/mol. The zero-order valence-corrected chi connectivity index (χ0v) is 25.0. The first-order valence-electron chi connectivity index (χ1n) is 16.4. The lowest BCUT2D eigenvalue weighted by Crippen LogP contribution is -2.31. The van der Waals surface area contributed by atoms with Gasteiger partial charge in [-0.3, -0.25) is 0 Å². The minimum atomic E-state index is 0.933. The summed E-state index contributed by atoms with van der Waals surface area (Å²) < 4.78 is 0.